The van der Waals surface area contributed by atoms with E-state index < -0.39 is 0 Å². The fraction of sp³-hybridized carbons (Fsp3) is 0.111. The molecule has 0 saturated heterocycles. The summed E-state index contributed by atoms with van der Waals surface area (Å²) in [5.41, 5.74) is 3.31. The molecule has 116 valence electrons. The van der Waals surface area contributed by atoms with E-state index in [1.165, 1.54) is 0 Å². The third kappa shape index (κ3) is 3.79. The lowest BCUT2D eigenvalue weighted by Crippen LogP contribution is -2.11. The number of aryl methyl sites for hydroxylation is 1. The summed E-state index contributed by atoms with van der Waals surface area (Å²) in [7, 11) is 0. The standard InChI is InChI=1S/C18H16ClN3O/c1-13-5-4-7-14(9-13)18(23)21-16-10-20-22(12-16)11-15-6-2-3-8-17(15)19/h2-10,12H,11H2,1H3,(H,21,23). The first kappa shape index (κ1) is 15.3. The second kappa shape index (κ2) is 6.67. The highest BCUT2D eigenvalue weighted by Crippen LogP contribution is 2.17. The number of hydrogen-bond donors (Lipinski definition) is 1. The number of nitrogens with one attached hydrogen (secondary N) is 1. The average molecular weight is 326 g/mol. The van der Waals surface area contributed by atoms with Crippen molar-refractivity contribution in [3.63, 3.8) is 0 Å². The van der Waals surface area contributed by atoms with Gasteiger partial charge in [-0.25, -0.2) is 0 Å². The molecule has 0 fully saturated rings. The second-order valence-electron chi connectivity index (χ2n) is 5.34. The van der Waals surface area contributed by atoms with Crippen LogP contribution >= 0.6 is 11.6 Å². The fourth-order valence-electron chi connectivity index (χ4n) is 2.31. The molecule has 0 saturated carbocycles. The van der Waals surface area contributed by atoms with Crippen LogP contribution in [0.5, 0.6) is 0 Å². The van der Waals surface area contributed by atoms with E-state index in [1.807, 2.05) is 49.4 Å². The number of benzene rings is 2. The number of amides is 1. The molecule has 2 aromatic carbocycles. The van der Waals surface area contributed by atoms with Crippen LogP contribution in [0.15, 0.2) is 60.9 Å². The van der Waals surface area contributed by atoms with E-state index in [1.54, 1.807) is 23.1 Å². The quantitative estimate of drug-likeness (QED) is 0.783. The summed E-state index contributed by atoms with van der Waals surface area (Å²) in [5, 5.41) is 7.81. The van der Waals surface area contributed by atoms with E-state index in [-0.39, 0.29) is 5.91 Å². The summed E-state index contributed by atoms with van der Waals surface area (Å²) in [6.45, 7) is 2.51. The lowest BCUT2D eigenvalue weighted by molar-refractivity contribution is 0.102. The normalized spacial score (nSPS) is 10.5. The molecule has 0 radical (unpaired) electrons. The van der Waals surface area contributed by atoms with Gasteiger partial charge in [0.15, 0.2) is 0 Å². The Morgan fingerprint density at radius 3 is 2.83 bits per heavy atom. The average Bonchev–Trinajstić information content (AvgIpc) is 2.97. The summed E-state index contributed by atoms with van der Waals surface area (Å²) < 4.78 is 1.74. The topological polar surface area (TPSA) is 46.9 Å². The predicted octanol–water partition coefficient (Wildman–Crippen LogP) is 4.15. The summed E-state index contributed by atoms with van der Waals surface area (Å²) in [5.74, 6) is -0.147. The molecular weight excluding hydrogens is 310 g/mol. The molecule has 0 bridgehead atoms. The highest BCUT2D eigenvalue weighted by atomic mass is 35.5. The number of aromatic nitrogens is 2. The van der Waals surface area contributed by atoms with Crippen molar-refractivity contribution in [3.8, 4) is 0 Å². The van der Waals surface area contributed by atoms with Crippen LogP contribution in [-0.4, -0.2) is 15.7 Å². The number of carbonyl (C=O) groups is 1. The van der Waals surface area contributed by atoms with Crippen molar-refractivity contribution < 1.29 is 4.79 Å². The highest BCUT2D eigenvalue weighted by Gasteiger charge is 2.08. The minimum Gasteiger partial charge on any atom is -0.319 e. The zero-order chi connectivity index (χ0) is 16.2. The molecule has 0 atom stereocenters. The molecule has 1 amide bonds. The molecule has 1 N–H and O–H groups in total. The van der Waals surface area contributed by atoms with Gasteiger partial charge in [0.25, 0.3) is 5.91 Å². The maximum Gasteiger partial charge on any atom is 0.255 e. The maximum atomic E-state index is 12.2. The first-order valence-corrected chi connectivity index (χ1v) is 7.63. The van der Waals surface area contributed by atoms with Crippen LogP contribution in [0.25, 0.3) is 0 Å². The number of hydrogen-bond acceptors (Lipinski definition) is 2. The van der Waals surface area contributed by atoms with Gasteiger partial charge in [0.05, 0.1) is 18.4 Å². The second-order valence-corrected chi connectivity index (χ2v) is 5.75. The third-order valence-corrected chi connectivity index (χ3v) is 3.83. The molecule has 3 aromatic rings. The van der Waals surface area contributed by atoms with Crippen LogP contribution in [-0.2, 0) is 6.54 Å². The zero-order valence-corrected chi connectivity index (χ0v) is 13.4. The van der Waals surface area contributed by atoms with E-state index in [4.69, 9.17) is 11.6 Å². The molecule has 1 heterocycles. The van der Waals surface area contributed by atoms with Crippen molar-refractivity contribution >= 4 is 23.2 Å². The van der Waals surface area contributed by atoms with Crippen molar-refractivity contribution in [2.24, 2.45) is 0 Å². The molecule has 0 aliphatic heterocycles. The van der Waals surface area contributed by atoms with Crippen molar-refractivity contribution in [3.05, 3.63) is 82.6 Å². The summed E-state index contributed by atoms with van der Waals surface area (Å²) in [6.07, 6.45) is 3.42. The van der Waals surface area contributed by atoms with Gasteiger partial charge in [-0.3, -0.25) is 9.48 Å². The first-order chi connectivity index (χ1) is 11.1. The van der Waals surface area contributed by atoms with Gasteiger partial charge in [0, 0.05) is 16.8 Å². The Morgan fingerprint density at radius 1 is 1.22 bits per heavy atom. The van der Waals surface area contributed by atoms with Gasteiger partial charge in [-0.1, -0.05) is 47.5 Å². The van der Waals surface area contributed by atoms with Crippen LogP contribution < -0.4 is 5.32 Å². The Balaban J connectivity index is 1.70. The molecule has 5 heteroatoms. The van der Waals surface area contributed by atoms with Crippen LogP contribution in [0, 0.1) is 6.92 Å². The SMILES string of the molecule is Cc1cccc(C(=O)Nc2cnn(Cc3ccccc3Cl)c2)c1. The van der Waals surface area contributed by atoms with Crippen molar-refractivity contribution in [2.75, 3.05) is 5.32 Å². The zero-order valence-electron chi connectivity index (χ0n) is 12.7. The molecule has 3 rings (SSSR count). The van der Waals surface area contributed by atoms with E-state index in [2.05, 4.69) is 10.4 Å². The number of nitrogens with zero attached hydrogens (tertiary/aromatic N) is 2. The molecule has 0 unspecified atom stereocenters. The lowest BCUT2D eigenvalue weighted by atomic mass is 10.1. The molecular formula is C18H16ClN3O. The number of rotatable bonds is 4. The molecule has 0 spiro atoms. The van der Waals surface area contributed by atoms with Crippen LogP contribution in [0.4, 0.5) is 5.69 Å². The van der Waals surface area contributed by atoms with Crippen molar-refractivity contribution in [1.82, 2.24) is 9.78 Å². The Morgan fingerprint density at radius 2 is 2.04 bits per heavy atom. The lowest BCUT2D eigenvalue weighted by Gasteiger charge is -2.04. The Bertz CT molecular complexity index is 842. The molecule has 0 aliphatic rings. The van der Waals surface area contributed by atoms with Gasteiger partial charge >= 0.3 is 0 Å². The van der Waals surface area contributed by atoms with E-state index in [0.717, 1.165) is 11.1 Å². The van der Waals surface area contributed by atoms with Crippen LogP contribution in [0.3, 0.4) is 0 Å². The van der Waals surface area contributed by atoms with E-state index >= 15 is 0 Å². The summed E-state index contributed by atoms with van der Waals surface area (Å²) in [4.78, 5) is 12.2. The number of halogens is 1. The molecule has 1 aromatic heterocycles. The minimum absolute atomic E-state index is 0.147. The minimum atomic E-state index is -0.147. The smallest absolute Gasteiger partial charge is 0.255 e. The van der Waals surface area contributed by atoms with Gasteiger partial charge < -0.3 is 5.32 Å². The predicted molar refractivity (Wildman–Crippen MR) is 91.9 cm³/mol. The van der Waals surface area contributed by atoms with E-state index in [9.17, 15) is 4.79 Å². The summed E-state index contributed by atoms with van der Waals surface area (Å²) in [6, 6.07) is 15.1. The van der Waals surface area contributed by atoms with Crippen molar-refractivity contribution in [2.45, 2.75) is 13.5 Å². The largest absolute Gasteiger partial charge is 0.319 e. The molecule has 23 heavy (non-hydrogen) atoms. The molecule has 4 nitrogen and oxygen atoms in total. The van der Waals surface area contributed by atoms with Crippen molar-refractivity contribution in [1.29, 1.82) is 0 Å². The van der Waals surface area contributed by atoms with Crippen LogP contribution in [0.2, 0.25) is 5.02 Å². The van der Waals surface area contributed by atoms with E-state index in [0.29, 0.717) is 22.8 Å². The molecule has 0 aliphatic carbocycles. The van der Waals surface area contributed by atoms with Gasteiger partial charge in [0.2, 0.25) is 0 Å². The Hall–Kier alpha value is -2.59. The van der Waals surface area contributed by atoms with Crippen LogP contribution in [0.1, 0.15) is 21.5 Å². The Kier molecular flexibility index (Phi) is 4.44. The highest BCUT2D eigenvalue weighted by molar-refractivity contribution is 6.31. The van der Waals surface area contributed by atoms with Gasteiger partial charge in [-0.05, 0) is 30.7 Å². The van der Waals surface area contributed by atoms with Gasteiger partial charge in [0.1, 0.15) is 0 Å². The Labute approximate surface area is 139 Å². The maximum absolute atomic E-state index is 12.2. The van der Waals surface area contributed by atoms with Gasteiger partial charge in [-0.2, -0.15) is 5.10 Å². The summed E-state index contributed by atoms with van der Waals surface area (Å²) >= 11 is 6.15. The number of anilines is 1. The number of carbonyl (C=O) groups excluding carboxylic acids is 1. The monoisotopic (exact) mass is 325 g/mol. The fourth-order valence-corrected chi connectivity index (χ4v) is 2.50. The third-order valence-electron chi connectivity index (χ3n) is 3.46. The van der Waals surface area contributed by atoms with Gasteiger partial charge in [-0.15, -0.1) is 0 Å². The first-order valence-electron chi connectivity index (χ1n) is 7.26.